The fourth-order valence-corrected chi connectivity index (χ4v) is 2.16. The molecule has 0 atom stereocenters. The molecule has 1 aromatic heterocycles. The third-order valence-corrected chi connectivity index (χ3v) is 3.02. The molecule has 18 heavy (non-hydrogen) atoms. The quantitative estimate of drug-likeness (QED) is 0.678. The van der Waals surface area contributed by atoms with Gasteiger partial charge in [0, 0.05) is 28.2 Å². The molecule has 2 aromatic carbocycles. The molecule has 0 aliphatic carbocycles. The number of aldehydes is 1. The van der Waals surface area contributed by atoms with E-state index in [2.05, 4.69) is 4.98 Å². The van der Waals surface area contributed by atoms with Crippen LogP contribution in [0.15, 0.2) is 48.7 Å². The van der Waals surface area contributed by atoms with E-state index in [-0.39, 0.29) is 5.82 Å². The highest BCUT2D eigenvalue weighted by Crippen LogP contribution is 2.30. The molecule has 3 aromatic rings. The summed E-state index contributed by atoms with van der Waals surface area (Å²) in [6.45, 7) is 0. The second-order valence-electron chi connectivity index (χ2n) is 4.10. The van der Waals surface area contributed by atoms with Gasteiger partial charge in [0.15, 0.2) is 6.29 Å². The van der Waals surface area contributed by atoms with Crippen LogP contribution < -0.4 is 0 Å². The highest BCUT2D eigenvalue weighted by atomic mass is 19.1. The summed E-state index contributed by atoms with van der Waals surface area (Å²) in [5.74, 6) is -0.346. The van der Waals surface area contributed by atoms with E-state index < -0.39 is 0 Å². The number of nitrogens with one attached hydrogen (secondary N) is 1. The van der Waals surface area contributed by atoms with Crippen LogP contribution >= 0.6 is 0 Å². The molecular formula is C15H10FNO. The number of hydrogen-bond donors (Lipinski definition) is 1. The Morgan fingerprint density at radius 3 is 2.72 bits per heavy atom. The standard InChI is InChI=1S/C15H10FNO/c16-11-6-5-10(9-18)13(7-11)14-8-17-15-4-2-1-3-12(14)15/h1-9,17H. The maximum absolute atomic E-state index is 13.3. The van der Waals surface area contributed by atoms with Crippen LogP contribution in [0.3, 0.4) is 0 Å². The summed E-state index contributed by atoms with van der Waals surface area (Å²) in [4.78, 5) is 14.2. The van der Waals surface area contributed by atoms with Gasteiger partial charge in [0.25, 0.3) is 0 Å². The van der Waals surface area contributed by atoms with Gasteiger partial charge in [-0.25, -0.2) is 4.39 Å². The van der Waals surface area contributed by atoms with Crippen LogP contribution in [0.1, 0.15) is 10.4 Å². The van der Waals surface area contributed by atoms with Gasteiger partial charge >= 0.3 is 0 Å². The summed E-state index contributed by atoms with van der Waals surface area (Å²) in [6, 6.07) is 11.9. The van der Waals surface area contributed by atoms with Gasteiger partial charge in [0.05, 0.1) is 0 Å². The van der Waals surface area contributed by atoms with Gasteiger partial charge in [0.1, 0.15) is 5.82 Å². The van der Waals surface area contributed by atoms with Gasteiger partial charge < -0.3 is 4.98 Å². The predicted molar refractivity (Wildman–Crippen MR) is 69.1 cm³/mol. The SMILES string of the molecule is O=Cc1ccc(F)cc1-c1c[nH]c2ccccc12. The van der Waals surface area contributed by atoms with E-state index in [4.69, 9.17) is 0 Å². The number of carbonyl (C=O) groups is 1. The molecule has 0 amide bonds. The zero-order chi connectivity index (χ0) is 12.5. The van der Waals surface area contributed by atoms with Gasteiger partial charge in [-0.05, 0) is 29.8 Å². The molecule has 88 valence electrons. The Bertz CT molecular complexity index is 730. The average Bonchev–Trinajstić information content (AvgIpc) is 2.82. The number of carbonyl (C=O) groups excluding carboxylic acids is 1. The number of aromatic nitrogens is 1. The largest absolute Gasteiger partial charge is 0.361 e. The lowest BCUT2D eigenvalue weighted by Gasteiger charge is -2.03. The summed E-state index contributed by atoms with van der Waals surface area (Å²) in [7, 11) is 0. The number of aromatic amines is 1. The topological polar surface area (TPSA) is 32.9 Å². The maximum atomic E-state index is 13.3. The Labute approximate surface area is 103 Å². The Kier molecular flexibility index (Phi) is 2.45. The lowest BCUT2D eigenvalue weighted by Crippen LogP contribution is -1.88. The minimum atomic E-state index is -0.346. The first-order chi connectivity index (χ1) is 8.79. The first-order valence-corrected chi connectivity index (χ1v) is 5.61. The molecule has 0 saturated carbocycles. The molecule has 1 N–H and O–H groups in total. The van der Waals surface area contributed by atoms with Gasteiger partial charge in [-0.1, -0.05) is 18.2 Å². The van der Waals surface area contributed by atoms with E-state index in [0.29, 0.717) is 11.1 Å². The third-order valence-electron chi connectivity index (χ3n) is 3.02. The molecule has 3 rings (SSSR count). The van der Waals surface area contributed by atoms with Crippen molar-refractivity contribution in [3.63, 3.8) is 0 Å². The number of fused-ring (bicyclic) bond motifs is 1. The van der Waals surface area contributed by atoms with E-state index in [1.807, 2.05) is 24.3 Å². The summed E-state index contributed by atoms with van der Waals surface area (Å²) >= 11 is 0. The predicted octanol–water partition coefficient (Wildman–Crippen LogP) is 3.79. The van der Waals surface area contributed by atoms with E-state index in [1.165, 1.54) is 18.2 Å². The Hall–Kier alpha value is -2.42. The van der Waals surface area contributed by atoms with Crippen molar-refractivity contribution in [3.8, 4) is 11.1 Å². The molecule has 0 bridgehead atoms. The lowest BCUT2D eigenvalue weighted by atomic mass is 10.00. The number of benzene rings is 2. The van der Waals surface area contributed by atoms with Crippen molar-refractivity contribution in [2.24, 2.45) is 0 Å². The molecule has 0 fully saturated rings. The molecule has 0 unspecified atom stereocenters. The van der Waals surface area contributed by atoms with E-state index in [0.717, 1.165) is 22.8 Å². The minimum absolute atomic E-state index is 0.346. The number of H-pyrrole nitrogens is 1. The molecule has 2 nitrogen and oxygen atoms in total. The van der Waals surface area contributed by atoms with E-state index in [9.17, 15) is 9.18 Å². The van der Waals surface area contributed by atoms with Crippen molar-refractivity contribution < 1.29 is 9.18 Å². The van der Waals surface area contributed by atoms with Crippen molar-refractivity contribution in [2.75, 3.05) is 0 Å². The summed E-state index contributed by atoms with van der Waals surface area (Å²) in [6.07, 6.45) is 2.54. The fraction of sp³-hybridized carbons (Fsp3) is 0. The summed E-state index contributed by atoms with van der Waals surface area (Å²) in [5.41, 5.74) is 2.91. The number of para-hydroxylation sites is 1. The van der Waals surface area contributed by atoms with Gasteiger partial charge in [-0.3, -0.25) is 4.79 Å². The van der Waals surface area contributed by atoms with Crippen molar-refractivity contribution >= 4 is 17.2 Å². The molecule has 0 aliphatic rings. The first kappa shape index (κ1) is 10.7. The average molecular weight is 239 g/mol. The Balaban J connectivity index is 2.32. The first-order valence-electron chi connectivity index (χ1n) is 5.61. The van der Waals surface area contributed by atoms with Crippen LogP contribution in [-0.4, -0.2) is 11.3 Å². The number of rotatable bonds is 2. The second kappa shape index (κ2) is 4.11. The van der Waals surface area contributed by atoms with Gasteiger partial charge in [-0.2, -0.15) is 0 Å². The maximum Gasteiger partial charge on any atom is 0.150 e. The molecule has 0 saturated heterocycles. The second-order valence-corrected chi connectivity index (χ2v) is 4.10. The fourth-order valence-electron chi connectivity index (χ4n) is 2.16. The lowest BCUT2D eigenvalue weighted by molar-refractivity contribution is 0.112. The van der Waals surface area contributed by atoms with E-state index >= 15 is 0 Å². The highest BCUT2D eigenvalue weighted by Gasteiger charge is 2.10. The van der Waals surface area contributed by atoms with Crippen molar-refractivity contribution in [1.29, 1.82) is 0 Å². The molecule has 1 heterocycles. The van der Waals surface area contributed by atoms with Crippen LogP contribution in [0, 0.1) is 5.82 Å². The minimum Gasteiger partial charge on any atom is -0.361 e. The van der Waals surface area contributed by atoms with Crippen LogP contribution in [-0.2, 0) is 0 Å². The molecule has 0 spiro atoms. The highest BCUT2D eigenvalue weighted by molar-refractivity contribution is 6.00. The summed E-state index contributed by atoms with van der Waals surface area (Å²) < 4.78 is 13.3. The van der Waals surface area contributed by atoms with Crippen LogP contribution in [0.5, 0.6) is 0 Å². The van der Waals surface area contributed by atoms with E-state index in [1.54, 1.807) is 6.20 Å². The molecule has 3 heteroatoms. The molecular weight excluding hydrogens is 229 g/mol. The van der Waals surface area contributed by atoms with Crippen LogP contribution in [0.4, 0.5) is 4.39 Å². The molecule has 0 aliphatic heterocycles. The molecule has 0 radical (unpaired) electrons. The van der Waals surface area contributed by atoms with Crippen molar-refractivity contribution in [1.82, 2.24) is 4.98 Å². The Morgan fingerprint density at radius 1 is 1.06 bits per heavy atom. The van der Waals surface area contributed by atoms with Crippen LogP contribution in [0.2, 0.25) is 0 Å². The van der Waals surface area contributed by atoms with Gasteiger partial charge in [0.2, 0.25) is 0 Å². The van der Waals surface area contributed by atoms with Gasteiger partial charge in [-0.15, -0.1) is 0 Å². The number of hydrogen-bond acceptors (Lipinski definition) is 1. The zero-order valence-electron chi connectivity index (χ0n) is 9.48. The Morgan fingerprint density at radius 2 is 1.89 bits per heavy atom. The van der Waals surface area contributed by atoms with Crippen LogP contribution in [0.25, 0.3) is 22.0 Å². The summed E-state index contributed by atoms with van der Waals surface area (Å²) in [5, 5.41) is 0.978. The van der Waals surface area contributed by atoms with Crippen molar-refractivity contribution in [3.05, 3.63) is 60.0 Å². The normalized spacial score (nSPS) is 10.7. The third kappa shape index (κ3) is 1.61. The smallest absolute Gasteiger partial charge is 0.150 e. The van der Waals surface area contributed by atoms with Crippen molar-refractivity contribution in [2.45, 2.75) is 0 Å². The zero-order valence-corrected chi connectivity index (χ0v) is 9.48. The number of halogens is 1. The monoisotopic (exact) mass is 239 g/mol.